The van der Waals surface area contributed by atoms with E-state index in [9.17, 15) is 5.11 Å². The van der Waals surface area contributed by atoms with Crippen molar-refractivity contribution in [1.29, 1.82) is 0 Å². The molecule has 0 bridgehead atoms. The van der Waals surface area contributed by atoms with E-state index in [1.165, 1.54) is 37.8 Å². The van der Waals surface area contributed by atoms with Gasteiger partial charge in [-0.1, -0.05) is 32.8 Å². The second-order valence-electron chi connectivity index (χ2n) is 8.33. The van der Waals surface area contributed by atoms with E-state index in [0.29, 0.717) is 24.0 Å². The number of hydrogen-bond acceptors (Lipinski definition) is 4. The van der Waals surface area contributed by atoms with Crippen LogP contribution in [0.15, 0.2) is 24.4 Å². The summed E-state index contributed by atoms with van der Waals surface area (Å²) in [6, 6.07) is 7.53. The fourth-order valence-corrected chi connectivity index (χ4v) is 4.53. The smallest absolute Gasteiger partial charge is 0.0695 e. The Hall–Kier alpha value is -0.970. The SMILES string of the molecule is CC(C)C[C@H](NC1CCN([C@H]2CCCC[C@@H]2O)CC1)c1ccccn1. The number of rotatable bonds is 6. The van der Waals surface area contributed by atoms with Gasteiger partial charge in [0.1, 0.15) is 0 Å². The molecular formula is C21H35N3O. The van der Waals surface area contributed by atoms with Gasteiger partial charge in [-0.15, -0.1) is 0 Å². The standard InChI is InChI=1S/C21H35N3O/c1-16(2)15-19(18-7-5-6-12-22-18)23-17-10-13-24(14-11-17)20-8-3-4-9-21(20)25/h5-7,12,16-17,19-21,23,25H,3-4,8-11,13-15H2,1-2H3/t19-,20-,21-/m0/s1. The van der Waals surface area contributed by atoms with E-state index in [1.54, 1.807) is 0 Å². The molecule has 1 saturated carbocycles. The molecule has 2 aliphatic rings. The molecule has 1 aromatic heterocycles. The van der Waals surface area contributed by atoms with Crippen LogP contribution >= 0.6 is 0 Å². The van der Waals surface area contributed by atoms with E-state index < -0.39 is 0 Å². The summed E-state index contributed by atoms with van der Waals surface area (Å²) in [5.74, 6) is 0.650. The lowest BCUT2D eigenvalue weighted by Crippen LogP contribution is -2.52. The van der Waals surface area contributed by atoms with Crippen LogP contribution in [0.25, 0.3) is 0 Å². The fourth-order valence-electron chi connectivity index (χ4n) is 4.53. The molecular weight excluding hydrogens is 310 g/mol. The number of aliphatic hydroxyl groups excluding tert-OH is 1. The van der Waals surface area contributed by atoms with Crippen molar-refractivity contribution in [2.45, 2.75) is 83.0 Å². The topological polar surface area (TPSA) is 48.4 Å². The average Bonchev–Trinajstić information content (AvgIpc) is 2.63. The molecule has 0 unspecified atom stereocenters. The molecule has 4 heteroatoms. The predicted octanol–water partition coefficient (Wildman–Crippen LogP) is 3.53. The van der Waals surface area contributed by atoms with Gasteiger partial charge in [-0.25, -0.2) is 0 Å². The third kappa shape index (κ3) is 5.25. The molecule has 1 aliphatic carbocycles. The maximum Gasteiger partial charge on any atom is 0.0695 e. The van der Waals surface area contributed by atoms with Gasteiger partial charge in [0.25, 0.3) is 0 Å². The molecule has 140 valence electrons. The minimum absolute atomic E-state index is 0.111. The lowest BCUT2D eigenvalue weighted by atomic mass is 9.89. The summed E-state index contributed by atoms with van der Waals surface area (Å²) in [7, 11) is 0. The summed E-state index contributed by atoms with van der Waals surface area (Å²) in [5.41, 5.74) is 1.17. The Balaban J connectivity index is 1.54. The summed E-state index contributed by atoms with van der Waals surface area (Å²) in [4.78, 5) is 7.13. The highest BCUT2D eigenvalue weighted by Crippen LogP contribution is 2.27. The van der Waals surface area contributed by atoms with Crippen molar-refractivity contribution >= 4 is 0 Å². The zero-order valence-electron chi connectivity index (χ0n) is 15.9. The first-order chi connectivity index (χ1) is 12.1. The van der Waals surface area contributed by atoms with Gasteiger partial charge in [0.15, 0.2) is 0 Å². The van der Waals surface area contributed by atoms with Crippen LogP contribution in [0.2, 0.25) is 0 Å². The molecule has 1 aliphatic heterocycles. The van der Waals surface area contributed by atoms with Crippen LogP contribution in [0.5, 0.6) is 0 Å². The first-order valence-electron chi connectivity index (χ1n) is 10.2. The third-order valence-corrected chi connectivity index (χ3v) is 5.88. The molecule has 0 aromatic carbocycles. The highest BCUT2D eigenvalue weighted by Gasteiger charge is 2.32. The minimum atomic E-state index is -0.111. The second-order valence-corrected chi connectivity index (χ2v) is 8.33. The van der Waals surface area contributed by atoms with Crippen molar-refractivity contribution in [2.24, 2.45) is 5.92 Å². The Kier molecular flexibility index (Phi) is 6.85. The Morgan fingerprint density at radius 3 is 2.56 bits per heavy atom. The Bertz CT molecular complexity index is 499. The first kappa shape index (κ1) is 18.8. The van der Waals surface area contributed by atoms with E-state index >= 15 is 0 Å². The molecule has 4 nitrogen and oxygen atoms in total. The predicted molar refractivity (Wildman–Crippen MR) is 102 cm³/mol. The lowest BCUT2D eigenvalue weighted by molar-refractivity contribution is 0.00642. The van der Waals surface area contributed by atoms with Crippen LogP contribution in [0.3, 0.4) is 0 Å². The van der Waals surface area contributed by atoms with Gasteiger partial charge in [0.2, 0.25) is 0 Å². The van der Waals surface area contributed by atoms with E-state index in [4.69, 9.17) is 0 Å². The maximum absolute atomic E-state index is 10.3. The van der Waals surface area contributed by atoms with Gasteiger partial charge in [-0.2, -0.15) is 0 Å². The van der Waals surface area contributed by atoms with Crippen LogP contribution in [-0.4, -0.2) is 46.3 Å². The summed E-state index contributed by atoms with van der Waals surface area (Å²) in [5, 5.41) is 14.2. The first-order valence-corrected chi connectivity index (χ1v) is 10.2. The summed E-state index contributed by atoms with van der Waals surface area (Å²) in [6.45, 7) is 6.78. The number of likely N-dealkylation sites (tertiary alicyclic amines) is 1. The van der Waals surface area contributed by atoms with Crippen LogP contribution in [-0.2, 0) is 0 Å². The summed E-state index contributed by atoms with van der Waals surface area (Å²) < 4.78 is 0. The normalized spacial score (nSPS) is 27.5. The summed E-state index contributed by atoms with van der Waals surface area (Å²) >= 11 is 0. The molecule has 2 heterocycles. The largest absolute Gasteiger partial charge is 0.391 e. The van der Waals surface area contributed by atoms with Crippen LogP contribution in [0.1, 0.15) is 70.5 Å². The van der Waals surface area contributed by atoms with E-state index in [-0.39, 0.29) is 6.10 Å². The molecule has 3 rings (SSSR count). The molecule has 2 N–H and O–H groups in total. The minimum Gasteiger partial charge on any atom is -0.391 e. The molecule has 0 radical (unpaired) electrons. The van der Waals surface area contributed by atoms with Gasteiger partial charge < -0.3 is 10.4 Å². The molecule has 1 aromatic rings. The van der Waals surface area contributed by atoms with E-state index in [1.807, 2.05) is 12.3 Å². The van der Waals surface area contributed by atoms with Crippen LogP contribution in [0.4, 0.5) is 0 Å². The lowest BCUT2D eigenvalue weighted by Gasteiger charge is -2.42. The zero-order valence-corrected chi connectivity index (χ0v) is 15.9. The number of pyridine rings is 1. The molecule has 25 heavy (non-hydrogen) atoms. The van der Waals surface area contributed by atoms with Crippen molar-refractivity contribution in [2.75, 3.05) is 13.1 Å². The molecule has 0 amide bonds. The number of hydrogen-bond donors (Lipinski definition) is 2. The van der Waals surface area contributed by atoms with Gasteiger partial charge >= 0.3 is 0 Å². The number of aliphatic hydroxyl groups is 1. The third-order valence-electron chi connectivity index (χ3n) is 5.88. The number of nitrogens with zero attached hydrogens (tertiary/aromatic N) is 2. The molecule has 0 spiro atoms. The van der Waals surface area contributed by atoms with Crippen molar-refractivity contribution in [1.82, 2.24) is 15.2 Å². The van der Waals surface area contributed by atoms with Gasteiger partial charge in [-0.05, 0) is 50.2 Å². The molecule has 3 atom stereocenters. The van der Waals surface area contributed by atoms with Crippen molar-refractivity contribution in [3.05, 3.63) is 30.1 Å². The van der Waals surface area contributed by atoms with Gasteiger partial charge in [0, 0.05) is 37.4 Å². The fraction of sp³-hybridized carbons (Fsp3) is 0.762. The van der Waals surface area contributed by atoms with Crippen molar-refractivity contribution < 1.29 is 5.11 Å². The quantitative estimate of drug-likeness (QED) is 0.828. The number of aromatic nitrogens is 1. The zero-order chi connectivity index (χ0) is 17.6. The average molecular weight is 346 g/mol. The van der Waals surface area contributed by atoms with Gasteiger partial charge in [-0.3, -0.25) is 9.88 Å². The Morgan fingerprint density at radius 2 is 1.92 bits per heavy atom. The van der Waals surface area contributed by atoms with E-state index in [2.05, 4.69) is 41.2 Å². The van der Waals surface area contributed by atoms with Crippen LogP contribution in [0, 0.1) is 5.92 Å². The van der Waals surface area contributed by atoms with Crippen molar-refractivity contribution in [3.8, 4) is 0 Å². The highest BCUT2D eigenvalue weighted by atomic mass is 16.3. The summed E-state index contributed by atoms with van der Waals surface area (Å²) in [6.07, 6.45) is 9.88. The van der Waals surface area contributed by atoms with E-state index in [0.717, 1.165) is 25.9 Å². The molecule has 2 fully saturated rings. The van der Waals surface area contributed by atoms with Crippen LogP contribution < -0.4 is 5.32 Å². The van der Waals surface area contributed by atoms with Crippen molar-refractivity contribution in [3.63, 3.8) is 0 Å². The highest BCUT2D eigenvalue weighted by molar-refractivity contribution is 5.09. The van der Waals surface area contributed by atoms with Gasteiger partial charge in [0.05, 0.1) is 11.8 Å². The Labute approximate surface area is 153 Å². The second kappa shape index (κ2) is 9.11. The monoisotopic (exact) mass is 345 g/mol. The maximum atomic E-state index is 10.3. The number of piperidine rings is 1. The number of nitrogens with one attached hydrogen (secondary N) is 1. The Morgan fingerprint density at radius 1 is 1.16 bits per heavy atom. The molecule has 1 saturated heterocycles.